The summed E-state index contributed by atoms with van der Waals surface area (Å²) < 4.78 is 5.32. The summed E-state index contributed by atoms with van der Waals surface area (Å²) in [5.41, 5.74) is 0.633. The van der Waals surface area contributed by atoms with Gasteiger partial charge in [0.2, 0.25) is 5.91 Å². The van der Waals surface area contributed by atoms with Crippen LogP contribution in [0.2, 0.25) is 0 Å². The number of rotatable bonds is 7. The van der Waals surface area contributed by atoms with Crippen LogP contribution in [-0.2, 0) is 9.59 Å². The van der Waals surface area contributed by atoms with Gasteiger partial charge in [0.05, 0.1) is 6.54 Å². The van der Waals surface area contributed by atoms with Crippen LogP contribution in [0.25, 0.3) is 0 Å². The standard InChI is InChI=1S/C13H19N3O3.ClH/c1-3-15-13(18)9-19-11-6-4-5-10(7-11)16-12(17)8-14-2;/h4-7,14H,3,8-9H2,1-2H3,(H,15,18)(H,16,17);1H. The van der Waals surface area contributed by atoms with Gasteiger partial charge in [-0.05, 0) is 26.1 Å². The number of carbonyl (C=O) groups is 2. The maximum Gasteiger partial charge on any atom is 0.257 e. The highest BCUT2D eigenvalue weighted by Crippen LogP contribution is 2.17. The van der Waals surface area contributed by atoms with E-state index in [1.807, 2.05) is 6.92 Å². The molecule has 1 aromatic carbocycles. The number of amides is 2. The maximum absolute atomic E-state index is 11.4. The van der Waals surface area contributed by atoms with E-state index < -0.39 is 0 Å². The zero-order chi connectivity index (χ0) is 14.1. The number of likely N-dealkylation sites (N-methyl/N-ethyl adjacent to an activating group) is 2. The number of carbonyl (C=O) groups excluding carboxylic acids is 2. The van der Waals surface area contributed by atoms with Gasteiger partial charge in [0.15, 0.2) is 6.61 Å². The molecule has 0 radical (unpaired) electrons. The molecule has 0 spiro atoms. The Morgan fingerprint density at radius 2 is 2.00 bits per heavy atom. The summed E-state index contributed by atoms with van der Waals surface area (Å²) in [7, 11) is 1.70. The predicted molar refractivity (Wildman–Crippen MR) is 80.4 cm³/mol. The average Bonchev–Trinajstić information content (AvgIpc) is 2.37. The number of ether oxygens (including phenoxy) is 1. The number of hydrogen-bond acceptors (Lipinski definition) is 4. The predicted octanol–water partition coefficient (Wildman–Crippen LogP) is 0.781. The summed E-state index contributed by atoms with van der Waals surface area (Å²) in [6, 6.07) is 6.91. The van der Waals surface area contributed by atoms with Crippen LogP contribution in [0.5, 0.6) is 5.75 Å². The summed E-state index contributed by atoms with van der Waals surface area (Å²) in [6.07, 6.45) is 0. The van der Waals surface area contributed by atoms with E-state index in [-0.39, 0.29) is 37.4 Å². The van der Waals surface area contributed by atoms with E-state index in [2.05, 4.69) is 16.0 Å². The van der Waals surface area contributed by atoms with E-state index in [0.717, 1.165) is 0 Å². The van der Waals surface area contributed by atoms with E-state index in [1.54, 1.807) is 31.3 Å². The van der Waals surface area contributed by atoms with Crippen LogP contribution in [0.15, 0.2) is 24.3 Å². The topological polar surface area (TPSA) is 79.5 Å². The van der Waals surface area contributed by atoms with E-state index >= 15 is 0 Å². The van der Waals surface area contributed by atoms with Gasteiger partial charge in [-0.15, -0.1) is 12.4 Å². The highest BCUT2D eigenvalue weighted by molar-refractivity contribution is 5.92. The summed E-state index contributed by atoms with van der Waals surface area (Å²) >= 11 is 0. The number of anilines is 1. The van der Waals surface area contributed by atoms with Crippen LogP contribution in [0.4, 0.5) is 5.69 Å². The van der Waals surface area contributed by atoms with Gasteiger partial charge in [-0.3, -0.25) is 9.59 Å². The number of nitrogens with one attached hydrogen (secondary N) is 3. The van der Waals surface area contributed by atoms with Gasteiger partial charge in [-0.25, -0.2) is 0 Å². The minimum Gasteiger partial charge on any atom is -0.484 e. The van der Waals surface area contributed by atoms with Gasteiger partial charge in [0.1, 0.15) is 5.75 Å². The van der Waals surface area contributed by atoms with E-state index in [4.69, 9.17) is 4.74 Å². The molecule has 1 aromatic rings. The number of hydrogen-bond donors (Lipinski definition) is 3. The second-order valence-electron chi connectivity index (χ2n) is 3.85. The quantitative estimate of drug-likeness (QED) is 0.695. The van der Waals surface area contributed by atoms with Crippen molar-refractivity contribution in [3.05, 3.63) is 24.3 Å². The third kappa shape index (κ3) is 6.96. The Balaban J connectivity index is 0.00000361. The largest absolute Gasteiger partial charge is 0.484 e. The lowest BCUT2D eigenvalue weighted by Crippen LogP contribution is -2.28. The van der Waals surface area contributed by atoms with Gasteiger partial charge >= 0.3 is 0 Å². The fourth-order valence-electron chi connectivity index (χ4n) is 1.43. The molecule has 0 aliphatic heterocycles. The Hall–Kier alpha value is -1.79. The Bertz CT molecular complexity index is 441. The molecule has 0 aromatic heterocycles. The van der Waals surface area contributed by atoms with Gasteiger partial charge < -0.3 is 20.7 Å². The molecule has 0 saturated heterocycles. The van der Waals surface area contributed by atoms with Crippen molar-refractivity contribution in [1.29, 1.82) is 0 Å². The molecule has 3 N–H and O–H groups in total. The minimum absolute atomic E-state index is 0. The molecule has 0 fully saturated rings. The Morgan fingerprint density at radius 3 is 2.65 bits per heavy atom. The van der Waals surface area contributed by atoms with Crippen molar-refractivity contribution in [3.63, 3.8) is 0 Å². The lowest BCUT2D eigenvalue weighted by Gasteiger charge is -2.09. The molecule has 0 bridgehead atoms. The van der Waals surface area contributed by atoms with Crippen LogP contribution >= 0.6 is 12.4 Å². The first-order chi connectivity index (χ1) is 9.15. The van der Waals surface area contributed by atoms with Gasteiger partial charge in [-0.1, -0.05) is 6.07 Å². The number of benzene rings is 1. The maximum atomic E-state index is 11.4. The first-order valence-electron chi connectivity index (χ1n) is 6.09. The third-order valence-corrected chi connectivity index (χ3v) is 2.20. The molecule has 1 rings (SSSR count). The molecule has 112 valence electrons. The van der Waals surface area contributed by atoms with Crippen LogP contribution in [0.1, 0.15) is 6.92 Å². The second-order valence-corrected chi connectivity index (χ2v) is 3.85. The monoisotopic (exact) mass is 301 g/mol. The molecule has 0 atom stereocenters. The van der Waals surface area contributed by atoms with E-state index in [0.29, 0.717) is 18.0 Å². The molecule has 0 aliphatic rings. The molecule has 7 heteroatoms. The lowest BCUT2D eigenvalue weighted by molar-refractivity contribution is -0.123. The van der Waals surface area contributed by atoms with Crippen molar-refractivity contribution in [2.45, 2.75) is 6.92 Å². The normalized spacial score (nSPS) is 9.30. The lowest BCUT2D eigenvalue weighted by atomic mass is 10.3. The summed E-state index contributed by atoms with van der Waals surface area (Å²) in [4.78, 5) is 22.6. The molecule has 6 nitrogen and oxygen atoms in total. The zero-order valence-electron chi connectivity index (χ0n) is 11.6. The Morgan fingerprint density at radius 1 is 1.25 bits per heavy atom. The average molecular weight is 302 g/mol. The van der Waals surface area contributed by atoms with Crippen LogP contribution in [-0.4, -0.2) is 38.6 Å². The van der Waals surface area contributed by atoms with Crippen molar-refractivity contribution in [1.82, 2.24) is 10.6 Å². The molecular weight excluding hydrogens is 282 g/mol. The van der Waals surface area contributed by atoms with Crippen LogP contribution in [0, 0.1) is 0 Å². The highest BCUT2D eigenvalue weighted by Gasteiger charge is 2.04. The second kappa shape index (κ2) is 10.1. The highest BCUT2D eigenvalue weighted by atomic mass is 35.5. The van der Waals surface area contributed by atoms with Crippen molar-refractivity contribution in [2.24, 2.45) is 0 Å². The molecule has 0 heterocycles. The number of halogens is 1. The molecular formula is C13H20ClN3O3. The van der Waals surface area contributed by atoms with Crippen molar-refractivity contribution >= 4 is 29.9 Å². The fraction of sp³-hybridized carbons (Fsp3) is 0.385. The smallest absolute Gasteiger partial charge is 0.257 e. The summed E-state index contributed by atoms with van der Waals surface area (Å²) in [5, 5.41) is 8.11. The molecule has 0 unspecified atom stereocenters. The fourth-order valence-corrected chi connectivity index (χ4v) is 1.43. The third-order valence-electron chi connectivity index (χ3n) is 2.20. The molecule has 0 aliphatic carbocycles. The van der Waals surface area contributed by atoms with Gasteiger partial charge in [-0.2, -0.15) is 0 Å². The van der Waals surface area contributed by atoms with Gasteiger partial charge in [0.25, 0.3) is 5.91 Å². The molecule has 2 amide bonds. The van der Waals surface area contributed by atoms with Gasteiger partial charge in [0, 0.05) is 18.3 Å². The SMILES string of the molecule is CCNC(=O)COc1cccc(NC(=O)CNC)c1.Cl. The first-order valence-corrected chi connectivity index (χ1v) is 6.09. The Labute approximate surface area is 124 Å². The Kier molecular flexibility index (Phi) is 9.15. The molecule has 0 saturated carbocycles. The first kappa shape index (κ1) is 18.2. The van der Waals surface area contributed by atoms with Crippen molar-refractivity contribution < 1.29 is 14.3 Å². The van der Waals surface area contributed by atoms with Crippen molar-refractivity contribution in [3.8, 4) is 5.75 Å². The summed E-state index contributed by atoms with van der Waals surface area (Å²) in [5.74, 6) is 0.226. The zero-order valence-corrected chi connectivity index (χ0v) is 12.4. The van der Waals surface area contributed by atoms with E-state index in [9.17, 15) is 9.59 Å². The van der Waals surface area contributed by atoms with Crippen molar-refractivity contribution in [2.75, 3.05) is 32.1 Å². The molecule has 20 heavy (non-hydrogen) atoms. The van der Waals surface area contributed by atoms with Crippen LogP contribution < -0.4 is 20.7 Å². The van der Waals surface area contributed by atoms with Crippen LogP contribution in [0.3, 0.4) is 0 Å². The van der Waals surface area contributed by atoms with E-state index in [1.165, 1.54) is 0 Å². The summed E-state index contributed by atoms with van der Waals surface area (Å²) in [6.45, 7) is 2.61. The minimum atomic E-state index is -0.174.